The summed E-state index contributed by atoms with van der Waals surface area (Å²) in [5.41, 5.74) is 1.69. The van der Waals surface area contributed by atoms with Crippen molar-refractivity contribution < 1.29 is 9.90 Å². The van der Waals surface area contributed by atoms with Gasteiger partial charge in [-0.3, -0.25) is 4.79 Å². The number of benzene rings is 1. The monoisotopic (exact) mass is 251 g/mol. The van der Waals surface area contributed by atoms with Gasteiger partial charge in [-0.2, -0.15) is 0 Å². The molecule has 17 heavy (non-hydrogen) atoms. The van der Waals surface area contributed by atoms with E-state index >= 15 is 0 Å². The van der Waals surface area contributed by atoms with Crippen LogP contribution in [0.4, 0.5) is 5.69 Å². The van der Waals surface area contributed by atoms with Gasteiger partial charge in [0.05, 0.1) is 16.6 Å². The molecule has 0 amide bonds. The van der Waals surface area contributed by atoms with Gasteiger partial charge >= 0.3 is 5.97 Å². The molecule has 1 aromatic rings. The lowest BCUT2D eigenvalue weighted by molar-refractivity contribution is -0.138. The SMILES string of the molecule is C[C@@H](C(=O)O)c1ccc(N2CC=CC2)c(Cl)c1. The van der Waals surface area contributed by atoms with E-state index in [1.807, 2.05) is 12.1 Å². The first-order valence-corrected chi connectivity index (χ1v) is 5.89. The molecule has 0 aliphatic carbocycles. The molecule has 2 rings (SSSR count). The van der Waals surface area contributed by atoms with Crippen molar-refractivity contribution in [2.75, 3.05) is 18.0 Å². The third kappa shape index (κ3) is 2.44. The van der Waals surface area contributed by atoms with Gasteiger partial charge in [0.15, 0.2) is 0 Å². The second kappa shape index (κ2) is 4.80. The molecule has 1 atom stereocenters. The van der Waals surface area contributed by atoms with Crippen LogP contribution in [0.15, 0.2) is 30.4 Å². The average molecular weight is 252 g/mol. The Kier molecular flexibility index (Phi) is 3.38. The number of nitrogens with zero attached hydrogens (tertiary/aromatic N) is 1. The van der Waals surface area contributed by atoms with E-state index in [-0.39, 0.29) is 0 Å². The number of carboxylic acid groups (broad SMARTS) is 1. The Labute approximate surface area is 105 Å². The summed E-state index contributed by atoms with van der Waals surface area (Å²) in [6, 6.07) is 5.47. The average Bonchev–Trinajstić information content (AvgIpc) is 2.81. The fourth-order valence-electron chi connectivity index (χ4n) is 1.87. The molecule has 1 heterocycles. The van der Waals surface area contributed by atoms with Crippen molar-refractivity contribution in [3.63, 3.8) is 0 Å². The number of halogens is 1. The largest absolute Gasteiger partial charge is 0.481 e. The van der Waals surface area contributed by atoms with Crippen LogP contribution in [0.1, 0.15) is 18.4 Å². The molecule has 0 saturated heterocycles. The van der Waals surface area contributed by atoms with Crippen LogP contribution < -0.4 is 4.90 Å². The third-order valence-electron chi connectivity index (χ3n) is 3.00. The predicted octanol–water partition coefficient (Wildman–Crippen LogP) is 2.90. The van der Waals surface area contributed by atoms with Gasteiger partial charge in [0, 0.05) is 13.1 Å². The minimum Gasteiger partial charge on any atom is -0.481 e. The lowest BCUT2D eigenvalue weighted by Gasteiger charge is -2.20. The van der Waals surface area contributed by atoms with E-state index in [1.54, 1.807) is 13.0 Å². The highest BCUT2D eigenvalue weighted by Crippen LogP contribution is 2.30. The van der Waals surface area contributed by atoms with Gasteiger partial charge in [0.1, 0.15) is 0 Å². The van der Waals surface area contributed by atoms with Crippen molar-refractivity contribution in [3.05, 3.63) is 40.9 Å². The van der Waals surface area contributed by atoms with Gasteiger partial charge in [0.25, 0.3) is 0 Å². The summed E-state index contributed by atoms with van der Waals surface area (Å²) in [6.45, 7) is 3.37. The quantitative estimate of drug-likeness (QED) is 0.840. The first-order chi connectivity index (χ1) is 8.09. The highest BCUT2D eigenvalue weighted by atomic mass is 35.5. The second-order valence-electron chi connectivity index (χ2n) is 4.15. The topological polar surface area (TPSA) is 40.5 Å². The molecule has 1 N–H and O–H groups in total. The van der Waals surface area contributed by atoms with Crippen LogP contribution in [0, 0.1) is 0 Å². The van der Waals surface area contributed by atoms with E-state index in [0.717, 1.165) is 24.3 Å². The molecule has 1 aliphatic heterocycles. The van der Waals surface area contributed by atoms with Crippen LogP contribution in [-0.4, -0.2) is 24.2 Å². The molecule has 0 spiro atoms. The van der Waals surface area contributed by atoms with Crippen molar-refractivity contribution in [1.82, 2.24) is 0 Å². The molecule has 0 fully saturated rings. The van der Waals surface area contributed by atoms with Crippen LogP contribution in [0.25, 0.3) is 0 Å². The van der Waals surface area contributed by atoms with Gasteiger partial charge < -0.3 is 10.0 Å². The Morgan fingerprint density at radius 2 is 2.06 bits per heavy atom. The summed E-state index contributed by atoms with van der Waals surface area (Å²) in [4.78, 5) is 13.0. The molecule has 0 saturated carbocycles. The van der Waals surface area contributed by atoms with Crippen LogP contribution in [0.2, 0.25) is 5.02 Å². The molecule has 0 unspecified atom stereocenters. The zero-order valence-corrected chi connectivity index (χ0v) is 10.3. The summed E-state index contributed by atoms with van der Waals surface area (Å²) >= 11 is 6.20. The smallest absolute Gasteiger partial charge is 0.310 e. The molecule has 4 heteroatoms. The van der Waals surface area contributed by atoms with Gasteiger partial charge in [-0.1, -0.05) is 29.8 Å². The Morgan fingerprint density at radius 1 is 1.41 bits per heavy atom. The zero-order chi connectivity index (χ0) is 12.4. The minimum absolute atomic E-state index is 0.529. The fourth-order valence-corrected chi connectivity index (χ4v) is 2.17. The lowest BCUT2D eigenvalue weighted by atomic mass is 10.0. The Balaban J connectivity index is 2.25. The molecule has 1 aliphatic rings. The van der Waals surface area contributed by atoms with Crippen molar-refractivity contribution in [1.29, 1.82) is 0 Å². The van der Waals surface area contributed by atoms with E-state index in [1.165, 1.54) is 0 Å². The first-order valence-electron chi connectivity index (χ1n) is 5.52. The molecule has 0 radical (unpaired) electrons. The lowest BCUT2D eigenvalue weighted by Crippen LogP contribution is -2.19. The second-order valence-corrected chi connectivity index (χ2v) is 4.55. The maximum atomic E-state index is 10.9. The standard InChI is InChI=1S/C13H14ClNO2/c1-9(13(16)17)10-4-5-12(11(14)8-10)15-6-2-3-7-15/h2-5,8-9H,6-7H2,1H3,(H,16,17)/t9-/m1/s1. The molecular formula is C13H14ClNO2. The molecule has 3 nitrogen and oxygen atoms in total. The first kappa shape index (κ1) is 12.0. The molecule has 0 aromatic heterocycles. The zero-order valence-electron chi connectivity index (χ0n) is 9.56. The van der Waals surface area contributed by atoms with Crippen LogP contribution >= 0.6 is 11.6 Å². The highest BCUT2D eigenvalue weighted by Gasteiger charge is 2.17. The van der Waals surface area contributed by atoms with Crippen LogP contribution in [0.3, 0.4) is 0 Å². The van der Waals surface area contributed by atoms with Crippen molar-refractivity contribution in [3.8, 4) is 0 Å². The molecule has 1 aromatic carbocycles. The summed E-state index contributed by atoms with van der Waals surface area (Å²) in [7, 11) is 0. The predicted molar refractivity (Wildman–Crippen MR) is 68.9 cm³/mol. The van der Waals surface area contributed by atoms with Crippen LogP contribution in [0.5, 0.6) is 0 Å². The number of carboxylic acids is 1. The van der Waals surface area contributed by atoms with E-state index < -0.39 is 11.9 Å². The molecule has 90 valence electrons. The summed E-state index contributed by atoms with van der Waals surface area (Å²) < 4.78 is 0. The number of rotatable bonds is 3. The summed E-state index contributed by atoms with van der Waals surface area (Å²) in [6.07, 6.45) is 4.17. The number of anilines is 1. The summed E-state index contributed by atoms with van der Waals surface area (Å²) in [5.74, 6) is -1.37. The van der Waals surface area contributed by atoms with Crippen molar-refractivity contribution in [2.24, 2.45) is 0 Å². The van der Waals surface area contributed by atoms with Crippen LogP contribution in [-0.2, 0) is 4.79 Å². The highest BCUT2D eigenvalue weighted by molar-refractivity contribution is 6.33. The van der Waals surface area contributed by atoms with Crippen molar-refractivity contribution in [2.45, 2.75) is 12.8 Å². The number of hydrogen-bond donors (Lipinski definition) is 1. The van der Waals surface area contributed by atoms with E-state index in [2.05, 4.69) is 17.1 Å². The normalized spacial score (nSPS) is 16.2. The van der Waals surface area contributed by atoms with Crippen molar-refractivity contribution >= 4 is 23.3 Å². The molecular weight excluding hydrogens is 238 g/mol. The fraction of sp³-hybridized carbons (Fsp3) is 0.308. The van der Waals surface area contributed by atoms with Gasteiger partial charge in [0.2, 0.25) is 0 Å². The Bertz CT molecular complexity index is 462. The summed E-state index contributed by atoms with van der Waals surface area (Å²) in [5, 5.41) is 9.55. The van der Waals surface area contributed by atoms with E-state index in [4.69, 9.17) is 16.7 Å². The maximum Gasteiger partial charge on any atom is 0.310 e. The minimum atomic E-state index is -0.836. The third-order valence-corrected chi connectivity index (χ3v) is 3.30. The molecule has 0 bridgehead atoms. The number of hydrogen-bond acceptors (Lipinski definition) is 2. The van der Waals surface area contributed by atoms with E-state index in [9.17, 15) is 4.79 Å². The Hall–Kier alpha value is -1.48. The van der Waals surface area contributed by atoms with Gasteiger partial charge in [-0.05, 0) is 24.6 Å². The van der Waals surface area contributed by atoms with Gasteiger partial charge in [-0.15, -0.1) is 0 Å². The van der Waals surface area contributed by atoms with Gasteiger partial charge in [-0.25, -0.2) is 0 Å². The number of aliphatic carboxylic acids is 1. The van der Waals surface area contributed by atoms with E-state index in [0.29, 0.717) is 5.02 Å². The Morgan fingerprint density at radius 3 is 2.59 bits per heavy atom. The number of carbonyl (C=O) groups is 1. The maximum absolute atomic E-state index is 10.9.